The van der Waals surface area contributed by atoms with Gasteiger partial charge in [-0.15, -0.1) is 0 Å². The average molecular weight is 386 g/mol. The van der Waals surface area contributed by atoms with E-state index in [0.29, 0.717) is 11.1 Å². The lowest BCUT2D eigenvalue weighted by atomic mass is 10.1. The van der Waals surface area contributed by atoms with Gasteiger partial charge >= 0.3 is 23.9 Å². The highest BCUT2D eigenvalue weighted by molar-refractivity contribution is 5.96. The van der Waals surface area contributed by atoms with Crippen LogP contribution in [0.2, 0.25) is 0 Å². The van der Waals surface area contributed by atoms with Crippen LogP contribution in [0.5, 0.6) is 0 Å². The Hall–Kier alpha value is -3.68. The van der Waals surface area contributed by atoms with E-state index in [9.17, 15) is 29.4 Å². The van der Waals surface area contributed by atoms with Crippen molar-refractivity contribution in [1.29, 1.82) is 0 Å². The number of benzene rings is 2. The maximum Gasteiger partial charge on any atom is 0.349 e. The molecule has 0 radical (unpaired) electrons. The van der Waals surface area contributed by atoms with E-state index in [-0.39, 0.29) is 11.1 Å². The van der Waals surface area contributed by atoms with Gasteiger partial charge in [-0.3, -0.25) is 0 Å². The minimum atomic E-state index is -2.22. The predicted molar refractivity (Wildman–Crippen MR) is 96.0 cm³/mol. The van der Waals surface area contributed by atoms with E-state index in [4.69, 9.17) is 9.47 Å². The summed E-state index contributed by atoms with van der Waals surface area (Å²) < 4.78 is 9.75. The smallest absolute Gasteiger partial charge is 0.349 e. The fourth-order valence-electron chi connectivity index (χ4n) is 2.44. The van der Waals surface area contributed by atoms with E-state index in [1.165, 1.54) is 12.1 Å². The van der Waals surface area contributed by atoms with Crippen molar-refractivity contribution in [2.24, 2.45) is 0 Å². The highest BCUT2D eigenvalue weighted by Crippen LogP contribution is 2.16. The first kappa shape index (κ1) is 20.6. The Labute approximate surface area is 160 Å². The second-order valence-electron chi connectivity index (χ2n) is 5.96. The molecule has 8 nitrogen and oxygen atoms in total. The van der Waals surface area contributed by atoms with Crippen LogP contribution < -0.4 is 0 Å². The van der Waals surface area contributed by atoms with Crippen LogP contribution in [0.25, 0.3) is 0 Å². The third-order valence-electron chi connectivity index (χ3n) is 3.96. The summed E-state index contributed by atoms with van der Waals surface area (Å²) >= 11 is 0. The summed E-state index contributed by atoms with van der Waals surface area (Å²) in [6.45, 7) is 3.22. The second-order valence-corrected chi connectivity index (χ2v) is 5.96. The first-order valence-corrected chi connectivity index (χ1v) is 8.21. The Morgan fingerprint density at radius 2 is 1.00 bits per heavy atom. The summed E-state index contributed by atoms with van der Waals surface area (Å²) in [7, 11) is 0. The lowest BCUT2D eigenvalue weighted by Gasteiger charge is -2.21. The number of aliphatic carboxylic acids is 2. The highest BCUT2D eigenvalue weighted by atomic mass is 16.6. The fourth-order valence-corrected chi connectivity index (χ4v) is 2.44. The largest absolute Gasteiger partial charge is 0.478 e. The summed E-state index contributed by atoms with van der Waals surface area (Å²) in [5, 5.41) is 18.7. The maximum atomic E-state index is 12.3. The number of carbonyl (C=O) groups is 4. The van der Waals surface area contributed by atoms with Gasteiger partial charge in [-0.05, 0) is 37.1 Å². The number of esters is 2. The second kappa shape index (κ2) is 8.81. The molecule has 2 rings (SSSR count). The quantitative estimate of drug-likeness (QED) is 0.694. The van der Waals surface area contributed by atoms with Crippen molar-refractivity contribution in [3.8, 4) is 0 Å². The minimum absolute atomic E-state index is 0.0723. The molecule has 2 aromatic rings. The van der Waals surface area contributed by atoms with Crippen molar-refractivity contribution in [3.05, 3.63) is 70.8 Å². The average Bonchev–Trinajstić information content (AvgIpc) is 2.64. The van der Waals surface area contributed by atoms with Gasteiger partial charge in [0, 0.05) is 0 Å². The summed E-state index contributed by atoms with van der Waals surface area (Å²) in [6, 6.07) is 12.5. The SMILES string of the molecule is Cc1ccccc1C(=O)OC(C(=O)O)C(OC(=O)c1ccccc1C)C(=O)O. The topological polar surface area (TPSA) is 127 Å². The van der Waals surface area contributed by atoms with Crippen LogP contribution in [0.1, 0.15) is 31.8 Å². The van der Waals surface area contributed by atoms with E-state index in [1.54, 1.807) is 50.2 Å². The zero-order valence-corrected chi connectivity index (χ0v) is 15.1. The zero-order valence-electron chi connectivity index (χ0n) is 15.1. The molecule has 2 atom stereocenters. The lowest BCUT2D eigenvalue weighted by Crippen LogP contribution is -2.46. The number of aryl methyl sites for hydroxylation is 2. The van der Waals surface area contributed by atoms with Crippen LogP contribution in [0.3, 0.4) is 0 Å². The third-order valence-corrected chi connectivity index (χ3v) is 3.96. The molecule has 0 fully saturated rings. The molecular formula is C20H18O8. The molecule has 146 valence electrons. The van der Waals surface area contributed by atoms with Crippen molar-refractivity contribution >= 4 is 23.9 Å². The number of carboxylic acid groups (broad SMARTS) is 2. The van der Waals surface area contributed by atoms with Gasteiger partial charge in [-0.1, -0.05) is 36.4 Å². The van der Waals surface area contributed by atoms with E-state index in [0.717, 1.165) is 0 Å². The van der Waals surface area contributed by atoms with Crippen LogP contribution in [-0.2, 0) is 19.1 Å². The summed E-state index contributed by atoms with van der Waals surface area (Å²) in [5.74, 6) is -5.59. The Morgan fingerprint density at radius 1 is 0.679 bits per heavy atom. The molecule has 0 spiro atoms. The third kappa shape index (κ3) is 4.73. The first-order valence-electron chi connectivity index (χ1n) is 8.21. The van der Waals surface area contributed by atoms with Gasteiger partial charge in [-0.2, -0.15) is 0 Å². The van der Waals surface area contributed by atoms with Crippen molar-refractivity contribution < 1.29 is 38.9 Å². The number of hydrogen-bond donors (Lipinski definition) is 2. The molecule has 28 heavy (non-hydrogen) atoms. The molecule has 0 amide bonds. The molecule has 2 unspecified atom stereocenters. The summed E-state index contributed by atoms with van der Waals surface area (Å²) in [6.07, 6.45) is -4.45. The van der Waals surface area contributed by atoms with Gasteiger partial charge in [0.25, 0.3) is 0 Å². The fraction of sp³-hybridized carbons (Fsp3) is 0.200. The molecule has 0 aliphatic heterocycles. The predicted octanol–water partition coefficient (Wildman–Crippen LogP) is 2.22. The van der Waals surface area contributed by atoms with Crippen LogP contribution in [0.4, 0.5) is 0 Å². The van der Waals surface area contributed by atoms with Crippen molar-refractivity contribution in [3.63, 3.8) is 0 Å². The van der Waals surface area contributed by atoms with Gasteiger partial charge in [-0.25, -0.2) is 19.2 Å². The lowest BCUT2D eigenvalue weighted by molar-refractivity contribution is -0.166. The maximum absolute atomic E-state index is 12.3. The molecule has 8 heteroatoms. The number of carboxylic acids is 2. The zero-order chi connectivity index (χ0) is 20.8. The summed E-state index contributed by atoms with van der Waals surface area (Å²) in [4.78, 5) is 47.7. The molecule has 2 N–H and O–H groups in total. The van der Waals surface area contributed by atoms with E-state index < -0.39 is 36.1 Å². The normalized spacial score (nSPS) is 12.5. The number of hydrogen-bond acceptors (Lipinski definition) is 6. The molecule has 0 aliphatic carbocycles. The monoisotopic (exact) mass is 386 g/mol. The molecule has 0 bridgehead atoms. The molecule has 0 aromatic heterocycles. The molecule has 0 saturated carbocycles. The van der Waals surface area contributed by atoms with E-state index in [2.05, 4.69) is 0 Å². The Bertz CT molecular complexity index is 842. The molecule has 0 aliphatic rings. The molecule has 2 aromatic carbocycles. The first-order chi connectivity index (χ1) is 13.2. The molecule has 0 saturated heterocycles. The van der Waals surface area contributed by atoms with Gasteiger partial charge in [0.2, 0.25) is 12.2 Å². The van der Waals surface area contributed by atoms with Gasteiger partial charge in [0.05, 0.1) is 11.1 Å². The van der Waals surface area contributed by atoms with Crippen LogP contribution in [-0.4, -0.2) is 46.3 Å². The van der Waals surface area contributed by atoms with Gasteiger partial charge < -0.3 is 19.7 Å². The Balaban J connectivity index is 2.27. The van der Waals surface area contributed by atoms with Crippen LogP contribution in [0.15, 0.2) is 48.5 Å². The number of ether oxygens (including phenoxy) is 2. The standard InChI is InChI=1S/C20H18O8/c1-11-7-3-5-9-13(11)19(25)27-15(17(21)22)16(18(23)24)28-20(26)14-10-6-4-8-12(14)2/h3-10,15-16H,1-2H3,(H,21,22)(H,23,24). The summed E-state index contributed by atoms with van der Waals surface area (Å²) in [5.41, 5.74) is 1.17. The number of carbonyl (C=O) groups excluding carboxylic acids is 2. The molecule has 0 heterocycles. The minimum Gasteiger partial charge on any atom is -0.478 e. The van der Waals surface area contributed by atoms with Gasteiger partial charge in [0.1, 0.15) is 0 Å². The molecular weight excluding hydrogens is 368 g/mol. The van der Waals surface area contributed by atoms with Crippen LogP contribution in [0, 0.1) is 13.8 Å². The van der Waals surface area contributed by atoms with Crippen LogP contribution >= 0.6 is 0 Å². The number of rotatable bonds is 7. The van der Waals surface area contributed by atoms with E-state index in [1.807, 2.05) is 0 Å². The van der Waals surface area contributed by atoms with Crippen molar-refractivity contribution in [1.82, 2.24) is 0 Å². The van der Waals surface area contributed by atoms with Gasteiger partial charge in [0.15, 0.2) is 0 Å². The van der Waals surface area contributed by atoms with E-state index >= 15 is 0 Å². The Kier molecular flexibility index (Phi) is 6.49. The van der Waals surface area contributed by atoms with Crippen molar-refractivity contribution in [2.75, 3.05) is 0 Å². The highest BCUT2D eigenvalue weighted by Gasteiger charge is 2.41. The van der Waals surface area contributed by atoms with Crippen molar-refractivity contribution in [2.45, 2.75) is 26.1 Å². The Morgan fingerprint density at radius 3 is 1.29 bits per heavy atom.